The summed E-state index contributed by atoms with van der Waals surface area (Å²) in [5.41, 5.74) is 1.17. The molecule has 1 aromatic carbocycles. The van der Waals surface area contributed by atoms with Crippen LogP contribution in [0.15, 0.2) is 18.2 Å². The molecule has 4 heteroatoms. The Morgan fingerprint density at radius 1 is 1.25 bits per heavy atom. The molecule has 0 aliphatic heterocycles. The van der Waals surface area contributed by atoms with E-state index in [4.69, 9.17) is 9.47 Å². The molecular formula is C16H27NO2S. The lowest BCUT2D eigenvalue weighted by Gasteiger charge is -2.13. The van der Waals surface area contributed by atoms with Gasteiger partial charge in [0, 0.05) is 12.1 Å². The first kappa shape index (κ1) is 17.2. The number of ether oxygens (including phenoxy) is 2. The highest BCUT2D eigenvalue weighted by molar-refractivity contribution is 7.99. The van der Waals surface area contributed by atoms with Crippen LogP contribution in [0.4, 0.5) is 0 Å². The maximum Gasteiger partial charge on any atom is 0.124 e. The minimum Gasteiger partial charge on any atom is -0.497 e. The summed E-state index contributed by atoms with van der Waals surface area (Å²) in [6.07, 6.45) is 2.22. The van der Waals surface area contributed by atoms with Gasteiger partial charge in [0.1, 0.15) is 11.5 Å². The standard InChI is InChI=1S/C16H27NO2S/c1-4-9-17-13-14-12-15(18-3)7-8-16(14)19-10-6-11-20-5-2/h7-8,12,17H,4-6,9-11,13H2,1-3H3. The van der Waals surface area contributed by atoms with Gasteiger partial charge in [-0.15, -0.1) is 0 Å². The summed E-state index contributed by atoms with van der Waals surface area (Å²) in [5.74, 6) is 4.19. The number of nitrogens with one attached hydrogen (secondary N) is 1. The lowest BCUT2D eigenvalue weighted by molar-refractivity contribution is 0.313. The van der Waals surface area contributed by atoms with Crippen molar-refractivity contribution < 1.29 is 9.47 Å². The molecule has 0 radical (unpaired) electrons. The zero-order valence-corrected chi connectivity index (χ0v) is 13.7. The molecule has 0 amide bonds. The van der Waals surface area contributed by atoms with E-state index in [0.717, 1.165) is 49.8 Å². The monoisotopic (exact) mass is 297 g/mol. The van der Waals surface area contributed by atoms with Crippen LogP contribution in [-0.4, -0.2) is 31.8 Å². The average molecular weight is 297 g/mol. The highest BCUT2D eigenvalue weighted by Crippen LogP contribution is 2.24. The third-order valence-corrected chi connectivity index (χ3v) is 3.89. The van der Waals surface area contributed by atoms with E-state index in [2.05, 4.69) is 25.2 Å². The van der Waals surface area contributed by atoms with Gasteiger partial charge >= 0.3 is 0 Å². The van der Waals surface area contributed by atoms with Gasteiger partial charge < -0.3 is 14.8 Å². The first-order valence-electron chi connectivity index (χ1n) is 7.40. The van der Waals surface area contributed by atoms with Gasteiger partial charge in [0.05, 0.1) is 13.7 Å². The summed E-state index contributed by atoms with van der Waals surface area (Å²) in [6.45, 7) is 6.97. The maximum absolute atomic E-state index is 5.91. The minimum absolute atomic E-state index is 0.778. The smallest absolute Gasteiger partial charge is 0.124 e. The SMILES string of the molecule is CCCNCc1cc(OC)ccc1OCCCSCC. The molecule has 3 nitrogen and oxygen atoms in total. The predicted octanol–water partition coefficient (Wildman–Crippen LogP) is 3.72. The largest absolute Gasteiger partial charge is 0.497 e. The predicted molar refractivity (Wildman–Crippen MR) is 88.1 cm³/mol. The number of methoxy groups -OCH3 is 1. The molecular weight excluding hydrogens is 270 g/mol. The first-order chi connectivity index (χ1) is 9.81. The molecule has 1 rings (SSSR count). The lowest BCUT2D eigenvalue weighted by atomic mass is 10.2. The van der Waals surface area contributed by atoms with Gasteiger partial charge in [-0.3, -0.25) is 0 Å². The van der Waals surface area contributed by atoms with E-state index < -0.39 is 0 Å². The third-order valence-electron chi connectivity index (χ3n) is 2.90. The van der Waals surface area contributed by atoms with Crippen molar-refractivity contribution in [2.75, 3.05) is 31.8 Å². The molecule has 0 heterocycles. The number of hydrogen-bond donors (Lipinski definition) is 1. The second-order valence-electron chi connectivity index (χ2n) is 4.55. The fourth-order valence-corrected chi connectivity index (χ4v) is 2.46. The molecule has 0 spiro atoms. The van der Waals surface area contributed by atoms with Crippen molar-refractivity contribution >= 4 is 11.8 Å². The van der Waals surface area contributed by atoms with Crippen molar-refractivity contribution in [3.05, 3.63) is 23.8 Å². The van der Waals surface area contributed by atoms with Crippen LogP contribution in [0.3, 0.4) is 0 Å². The van der Waals surface area contributed by atoms with Crippen molar-refractivity contribution in [3.8, 4) is 11.5 Å². The fraction of sp³-hybridized carbons (Fsp3) is 0.625. The molecule has 0 fully saturated rings. The van der Waals surface area contributed by atoms with Crippen LogP contribution < -0.4 is 14.8 Å². The zero-order chi connectivity index (χ0) is 14.6. The molecule has 0 saturated carbocycles. The van der Waals surface area contributed by atoms with Crippen molar-refractivity contribution in [3.63, 3.8) is 0 Å². The van der Waals surface area contributed by atoms with E-state index in [1.54, 1.807) is 7.11 Å². The normalized spacial score (nSPS) is 10.6. The van der Waals surface area contributed by atoms with Crippen LogP contribution in [0.1, 0.15) is 32.3 Å². The molecule has 0 aromatic heterocycles. The molecule has 0 unspecified atom stereocenters. The molecule has 0 aliphatic carbocycles. The van der Waals surface area contributed by atoms with Gasteiger partial charge in [-0.1, -0.05) is 13.8 Å². The van der Waals surface area contributed by atoms with E-state index in [-0.39, 0.29) is 0 Å². The highest BCUT2D eigenvalue weighted by Gasteiger charge is 2.05. The van der Waals surface area contributed by atoms with E-state index in [1.807, 2.05) is 23.9 Å². The van der Waals surface area contributed by atoms with Gasteiger partial charge in [-0.25, -0.2) is 0 Å². The Labute approximate surface area is 127 Å². The number of hydrogen-bond acceptors (Lipinski definition) is 4. The van der Waals surface area contributed by atoms with E-state index in [1.165, 1.54) is 11.3 Å². The van der Waals surface area contributed by atoms with Crippen molar-refractivity contribution in [2.24, 2.45) is 0 Å². The van der Waals surface area contributed by atoms with Crippen LogP contribution in [0.5, 0.6) is 11.5 Å². The third kappa shape index (κ3) is 6.53. The maximum atomic E-state index is 5.91. The summed E-state index contributed by atoms with van der Waals surface area (Å²) >= 11 is 1.96. The highest BCUT2D eigenvalue weighted by atomic mass is 32.2. The molecule has 1 N–H and O–H groups in total. The zero-order valence-electron chi connectivity index (χ0n) is 12.9. The lowest BCUT2D eigenvalue weighted by Crippen LogP contribution is -2.15. The van der Waals surface area contributed by atoms with Crippen LogP contribution in [0, 0.1) is 0 Å². The molecule has 0 atom stereocenters. The van der Waals surface area contributed by atoms with Crippen LogP contribution in [-0.2, 0) is 6.54 Å². The van der Waals surface area contributed by atoms with Gasteiger partial charge in [0.25, 0.3) is 0 Å². The van der Waals surface area contributed by atoms with Gasteiger partial charge in [-0.05, 0) is 49.1 Å². The Hall–Kier alpha value is -0.870. The van der Waals surface area contributed by atoms with Crippen LogP contribution in [0.2, 0.25) is 0 Å². The van der Waals surface area contributed by atoms with Crippen molar-refractivity contribution in [2.45, 2.75) is 33.2 Å². The Kier molecular flexibility index (Phi) is 9.33. The van der Waals surface area contributed by atoms with Gasteiger partial charge in [-0.2, -0.15) is 11.8 Å². The van der Waals surface area contributed by atoms with Crippen LogP contribution in [0.25, 0.3) is 0 Å². The molecule has 0 bridgehead atoms. The Morgan fingerprint density at radius 2 is 2.10 bits per heavy atom. The molecule has 0 saturated heterocycles. The fourth-order valence-electron chi connectivity index (χ4n) is 1.85. The average Bonchev–Trinajstić information content (AvgIpc) is 2.48. The first-order valence-corrected chi connectivity index (χ1v) is 8.55. The summed E-state index contributed by atoms with van der Waals surface area (Å²) < 4.78 is 11.2. The van der Waals surface area contributed by atoms with Crippen molar-refractivity contribution in [1.29, 1.82) is 0 Å². The number of benzene rings is 1. The minimum atomic E-state index is 0.778. The van der Waals surface area contributed by atoms with Gasteiger partial charge in [0.2, 0.25) is 0 Å². The Morgan fingerprint density at radius 3 is 2.80 bits per heavy atom. The molecule has 114 valence electrons. The Balaban J connectivity index is 2.53. The van der Waals surface area contributed by atoms with Crippen molar-refractivity contribution in [1.82, 2.24) is 5.32 Å². The van der Waals surface area contributed by atoms with Crippen LogP contribution >= 0.6 is 11.8 Å². The molecule has 20 heavy (non-hydrogen) atoms. The Bertz CT molecular complexity index is 371. The summed E-state index contributed by atoms with van der Waals surface area (Å²) in [7, 11) is 1.70. The quantitative estimate of drug-likeness (QED) is 0.631. The summed E-state index contributed by atoms with van der Waals surface area (Å²) in [6, 6.07) is 6.02. The molecule has 0 aliphatic rings. The second kappa shape index (κ2) is 10.9. The second-order valence-corrected chi connectivity index (χ2v) is 5.94. The van der Waals surface area contributed by atoms with Gasteiger partial charge in [0.15, 0.2) is 0 Å². The molecule has 1 aromatic rings. The van der Waals surface area contributed by atoms with E-state index >= 15 is 0 Å². The number of rotatable bonds is 11. The topological polar surface area (TPSA) is 30.5 Å². The summed E-state index contributed by atoms with van der Waals surface area (Å²) in [4.78, 5) is 0. The number of thioether (sulfide) groups is 1. The summed E-state index contributed by atoms with van der Waals surface area (Å²) in [5, 5.41) is 3.41. The van der Waals surface area contributed by atoms with E-state index in [0.29, 0.717) is 0 Å². The van der Waals surface area contributed by atoms with E-state index in [9.17, 15) is 0 Å².